The summed E-state index contributed by atoms with van der Waals surface area (Å²) in [7, 11) is 0. The van der Waals surface area contributed by atoms with Crippen molar-refractivity contribution in [2.75, 3.05) is 6.61 Å². The summed E-state index contributed by atoms with van der Waals surface area (Å²) in [6.45, 7) is 4.53. The Morgan fingerprint density at radius 1 is 1.30 bits per heavy atom. The van der Waals surface area contributed by atoms with Gasteiger partial charge in [-0.3, -0.25) is 4.98 Å². The maximum Gasteiger partial charge on any atom is 0.264 e. The first kappa shape index (κ1) is 15.7. The number of benzene rings is 1. The molecule has 7 heteroatoms. The molecule has 6 nitrogen and oxygen atoms in total. The molecule has 0 amide bonds. The molecule has 1 unspecified atom stereocenters. The van der Waals surface area contributed by atoms with E-state index in [1.165, 1.54) is 0 Å². The molecule has 0 bridgehead atoms. The molecule has 3 aromatic rings. The molecule has 0 N–H and O–H groups in total. The van der Waals surface area contributed by atoms with Crippen LogP contribution in [-0.2, 0) is 11.3 Å². The van der Waals surface area contributed by atoms with Crippen molar-refractivity contribution in [1.29, 1.82) is 0 Å². The Bertz CT molecular complexity index is 806. The number of aromatic nitrogens is 3. The lowest BCUT2D eigenvalue weighted by Crippen LogP contribution is -2.02. The standard InChI is InChI=1S/C16H16ClN3O3/c1-3-21-10(2)16-19-14(23-20-16)9-22-13-7-6-12(17)11-5-4-8-18-15(11)13/h4-8,10H,3,9H2,1-2H3. The van der Waals surface area contributed by atoms with Crippen LogP contribution in [0.1, 0.15) is 31.7 Å². The molecule has 2 aromatic heterocycles. The molecule has 0 aliphatic heterocycles. The maximum atomic E-state index is 6.16. The average Bonchev–Trinajstić information content (AvgIpc) is 3.04. The first-order valence-electron chi connectivity index (χ1n) is 7.29. The number of hydrogen-bond donors (Lipinski definition) is 0. The van der Waals surface area contributed by atoms with Gasteiger partial charge < -0.3 is 14.0 Å². The van der Waals surface area contributed by atoms with Crippen LogP contribution in [0.25, 0.3) is 10.9 Å². The largest absolute Gasteiger partial charge is 0.481 e. The van der Waals surface area contributed by atoms with Gasteiger partial charge in [0.25, 0.3) is 5.89 Å². The Balaban J connectivity index is 1.75. The predicted molar refractivity (Wildman–Crippen MR) is 85.4 cm³/mol. The third-order valence-corrected chi connectivity index (χ3v) is 3.62. The van der Waals surface area contributed by atoms with E-state index in [1.54, 1.807) is 18.3 Å². The summed E-state index contributed by atoms with van der Waals surface area (Å²) in [6, 6.07) is 7.28. The number of nitrogens with zero attached hydrogens (tertiary/aromatic N) is 3. The van der Waals surface area contributed by atoms with Gasteiger partial charge in [0.05, 0.1) is 5.02 Å². The van der Waals surface area contributed by atoms with Gasteiger partial charge in [0, 0.05) is 18.2 Å². The van der Waals surface area contributed by atoms with Gasteiger partial charge in [0.2, 0.25) is 0 Å². The van der Waals surface area contributed by atoms with Gasteiger partial charge in [-0.25, -0.2) is 0 Å². The number of ether oxygens (including phenoxy) is 2. The van der Waals surface area contributed by atoms with Crippen molar-refractivity contribution < 1.29 is 14.0 Å². The van der Waals surface area contributed by atoms with Crippen LogP contribution in [0, 0.1) is 0 Å². The molecule has 0 spiro atoms. The lowest BCUT2D eigenvalue weighted by molar-refractivity contribution is 0.0683. The van der Waals surface area contributed by atoms with E-state index in [2.05, 4.69) is 15.1 Å². The third-order valence-electron chi connectivity index (χ3n) is 3.29. The average molecular weight is 334 g/mol. The Hall–Kier alpha value is -2.18. The third kappa shape index (κ3) is 3.43. The monoisotopic (exact) mass is 333 g/mol. The highest BCUT2D eigenvalue weighted by Crippen LogP contribution is 2.30. The van der Waals surface area contributed by atoms with Crippen molar-refractivity contribution in [2.24, 2.45) is 0 Å². The highest BCUT2D eigenvalue weighted by atomic mass is 35.5. The fourth-order valence-corrected chi connectivity index (χ4v) is 2.40. The van der Waals surface area contributed by atoms with Crippen molar-refractivity contribution in [3.05, 3.63) is 47.2 Å². The van der Waals surface area contributed by atoms with Crippen LogP contribution in [0.3, 0.4) is 0 Å². The first-order valence-corrected chi connectivity index (χ1v) is 7.67. The van der Waals surface area contributed by atoms with Gasteiger partial charge in [-0.05, 0) is 38.1 Å². The molecular weight excluding hydrogens is 318 g/mol. The molecular formula is C16H16ClN3O3. The van der Waals surface area contributed by atoms with Crippen molar-refractivity contribution >= 4 is 22.5 Å². The minimum atomic E-state index is -0.212. The number of pyridine rings is 1. The van der Waals surface area contributed by atoms with Crippen LogP contribution < -0.4 is 4.74 Å². The Kier molecular flexibility index (Phi) is 4.73. The molecule has 2 heterocycles. The smallest absolute Gasteiger partial charge is 0.264 e. The zero-order chi connectivity index (χ0) is 16.2. The van der Waals surface area contributed by atoms with E-state index in [0.29, 0.717) is 34.6 Å². The second-order valence-corrected chi connectivity index (χ2v) is 5.28. The molecule has 0 fully saturated rings. The van der Waals surface area contributed by atoms with Crippen molar-refractivity contribution in [1.82, 2.24) is 15.1 Å². The summed E-state index contributed by atoms with van der Waals surface area (Å²) < 4.78 is 16.4. The summed E-state index contributed by atoms with van der Waals surface area (Å²) >= 11 is 6.16. The van der Waals surface area contributed by atoms with Crippen LogP contribution in [0.5, 0.6) is 5.75 Å². The summed E-state index contributed by atoms with van der Waals surface area (Å²) in [5, 5.41) is 5.36. The molecule has 0 saturated carbocycles. The second kappa shape index (κ2) is 6.93. The maximum absolute atomic E-state index is 6.16. The van der Waals surface area contributed by atoms with Gasteiger partial charge in [-0.2, -0.15) is 4.98 Å². The first-order chi connectivity index (χ1) is 11.2. The molecule has 1 atom stereocenters. The molecule has 1 aromatic carbocycles. The van der Waals surface area contributed by atoms with Crippen LogP contribution in [-0.4, -0.2) is 21.7 Å². The lowest BCUT2D eigenvalue weighted by atomic mass is 10.2. The van der Waals surface area contributed by atoms with Gasteiger partial charge >= 0.3 is 0 Å². The van der Waals surface area contributed by atoms with E-state index in [4.69, 9.17) is 25.6 Å². The van der Waals surface area contributed by atoms with Crippen molar-refractivity contribution in [2.45, 2.75) is 26.6 Å². The highest BCUT2D eigenvalue weighted by Gasteiger charge is 2.15. The van der Waals surface area contributed by atoms with Crippen molar-refractivity contribution in [3.63, 3.8) is 0 Å². The highest BCUT2D eigenvalue weighted by molar-refractivity contribution is 6.35. The van der Waals surface area contributed by atoms with Gasteiger partial charge in [-0.1, -0.05) is 16.8 Å². The summed E-state index contributed by atoms with van der Waals surface area (Å²) in [5.41, 5.74) is 0.697. The fourth-order valence-electron chi connectivity index (χ4n) is 2.18. The Morgan fingerprint density at radius 2 is 2.17 bits per heavy atom. The lowest BCUT2D eigenvalue weighted by Gasteiger charge is -2.07. The van der Waals surface area contributed by atoms with E-state index in [-0.39, 0.29) is 12.7 Å². The summed E-state index contributed by atoms with van der Waals surface area (Å²) in [5.74, 6) is 1.50. The van der Waals surface area contributed by atoms with Gasteiger partial charge in [-0.15, -0.1) is 0 Å². The Morgan fingerprint density at radius 3 is 3.00 bits per heavy atom. The molecule has 0 aliphatic carbocycles. The normalized spacial score (nSPS) is 12.5. The number of fused-ring (bicyclic) bond motifs is 1. The second-order valence-electron chi connectivity index (χ2n) is 4.88. The van der Waals surface area contributed by atoms with E-state index in [1.807, 2.05) is 26.0 Å². The van der Waals surface area contributed by atoms with E-state index < -0.39 is 0 Å². The van der Waals surface area contributed by atoms with E-state index in [9.17, 15) is 0 Å². The molecule has 0 aliphatic rings. The van der Waals surface area contributed by atoms with Gasteiger partial charge in [0.1, 0.15) is 17.4 Å². The number of rotatable bonds is 6. The number of halogens is 1. The zero-order valence-electron chi connectivity index (χ0n) is 12.8. The minimum Gasteiger partial charge on any atom is -0.481 e. The molecule has 120 valence electrons. The van der Waals surface area contributed by atoms with E-state index >= 15 is 0 Å². The van der Waals surface area contributed by atoms with Gasteiger partial charge in [0.15, 0.2) is 12.4 Å². The Labute approximate surface area is 138 Å². The molecule has 0 saturated heterocycles. The van der Waals surface area contributed by atoms with Crippen molar-refractivity contribution in [3.8, 4) is 5.75 Å². The predicted octanol–water partition coefficient (Wildman–Crippen LogP) is 3.95. The minimum absolute atomic E-state index is 0.152. The topological polar surface area (TPSA) is 70.3 Å². The van der Waals surface area contributed by atoms with Crippen LogP contribution >= 0.6 is 11.6 Å². The summed E-state index contributed by atoms with van der Waals surface area (Å²) in [4.78, 5) is 8.58. The van der Waals surface area contributed by atoms with Crippen LogP contribution in [0.15, 0.2) is 35.0 Å². The molecule has 3 rings (SSSR count). The SMILES string of the molecule is CCOC(C)c1noc(COc2ccc(Cl)c3cccnc23)n1. The quantitative estimate of drug-likeness (QED) is 0.680. The zero-order valence-corrected chi connectivity index (χ0v) is 13.6. The fraction of sp³-hybridized carbons (Fsp3) is 0.312. The van der Waals surface area contributed by atoms with E-state index in [0.717, 1.165) is 5.39 Å². The van der Waals surface area contributed by atoms with Crippen LogP contribution in [0.4, 0.5) is 0 Å². The summed E-state index contributed by atoms with van der Waals surface area (Å²) in [6.07, 6.45) is 1.48. The molecule has 0 radical (unpaired) electrons. The number of hydrogen-bond acceptors (Lipinski definition) is 6. The molecule has 23 heavy (non-hydrogen) atoms. The van der Waals surface area contributed by atoms with Crippen LogP contribution in [0.2, 0.25) is 5.02 Å².